The van der Waals surface area contributed by atoms with Gasteiger partial charge in [-0.25, -0.2) is 9.78 Å². The van der Waals surface area contributed by atoms with Crippen molar-refractivity contribution < 1.29 is 4.74 Å². The molecule has 2 heterocycles. The first-order valence-corrected chi connectivity index (χ1v) is 10.0. The van der Waals surface area contributed by atoms with Crippen LogP contribution < -0.4 is 16.0 Å². The number of fused-ring (bicyclic) bond motifs is 1. The molecular formula is C19H24N4O3S. The highest BCUT2D eigenvalue weighted by Gasteiger charge is 2.14. The lowest BCUT2D eigenvalue weighted by Gasteiger charge is -2.09. The van der Waals surface area contributed by atoms with Gasteiger partial charge in [-0.15, -0.1) is 0 Å². The highest BCUT2D eigenvalue weighted by molar-refractivity contribution is 7.99. The summed E-state index contributed by atoms with van der Waals surface area (Å²) in [7, 11) is 3.40. The van der Waals surface area contributed by atoms with Crippen molar-refractivity contribution in [2.45, 2.75) is 19.9 Å². The molecule has 0 aliphatic rings. The summed E-state index contributed by atoms with van der Waals surface area (Å²) in [5, 5.41) is 0. The average Bonchev–Trinajstić information content (AvgIpc) is 3.05. The van der Waals surface area contributed by atoms with E-state index in [1.54, 1.807) is 36.8 Å². The zero-order valence-corrected chi connectivity index (χ0v) is 16.7. The minimum atomic E-state index is -0.320. The van der Waals surface area contributed by atoms with Gasteiger partial charge in [0.2, 0.25) is 0 Å². The molecule has 144 valence electrons. The van der Waals surface area contributed by atoms with E-state index in [0.29, 0.717) is 24.3 Å². The molecule has 8 heteroatoms. The first-order valence-electron chi connectivity index (χ1n) is 8.87. The summed E-state index contributed by atoms with van der Waals surface area (Å²) in [4.78, 5) is 29.2. The summed E-state index contributed by atoms with van der Waals surface area (Å²) in [5.41, 5.74) is 1.41. The number of ether oxygens (including phenoxy) is 1. The van der Waals surface area contributed by atoms with Gasteiger partial charge in [0, 0.05) is 26.4 Å². The highest BCUT2D eigenvalue weighted by Crippen LogP contribution is 2.16. The summed E-state index contributed by atoms with van der Waals surface area (Å²) >= 11 is 1.76. The van der Waals surface area contributed by atoms with Gasteiger partial charge in [0.15, 0.2) is 11.2 Å². The van der Waals surface area contributed by atoms with Gasteiger partial charge < -0.3 is 9.30 Å². The Labute approximate surface area is 161 Å². The van der Waals surface area contributed by atoms with Crippen molar-refractivity contribution in [3.63, 3.8) is 0 Å². The Hall–Kier alpha value is -2.48. The van der Waals surface area contributed by atoms with E-state index in [4.69, 9.17) is 4.74 Å². The maximum atomic E-state index is 12.6. The zero-order chi connectivity index (χ0) is 19.4. The highest BCUT2D eigenvalue weighted by atomic mass is 32.2. The summed E-state index contributed by atoms with van der Waals surface area (Å²) in [6.07, 6.45) is 2.30. The second kappa shape index (κ2) is 8.47. The van der Waals surface area contributed by atoms with Crippen LogP contribution in [0.3, 0.4) is 0 Å². The number of thioether (sulfide) groups is 1. The third-order valence-corrected chi connectivity index (χ3v) is 5.48. The van der Waals surface area contributed by atoms with Crippen LogP contribution in [-0.2, 0) is 20.6 Å². The maximum absolute atomic E-state index is 12.6. The Morgan fingerprint density at radius 1 is 1.15 bits per heavy atom. The number of hydrogen-bond donors (Lipinski definition) is 0. The van der Waals surface area contributed by atoms with Gasteiger partial charge in [0.05, 0.1) is 12.9 Å². The number of nitrogens with zero attached hydrogens (tertiary/aromatic N) is 4. The molecule has 3 rings (SSSR count). The Kier molecular flexibility index (Phi) is 6.05. The van der Waals surface area contributed by atoms with Crippen molar-refractivity contribution in [2.24, 2.45) is 14.1 Å². The van der Waals surface area contributed by atoms with Gasteiger partial charge in [-0.1, -0.05) is 18.2 Å². The molecule has 7 nitrogen and oxygen atoms in total. The van der Waals surface area contributed by atoms with Crippen LogP contribution in [0.15, 0.2) is 40.2 Å². The zero-order valence-electron chi connectivity index (χ0n) is 15.8. The number of hydrogen-bond acceptors (Lipinski definition) is 5. The van der Waals surface area contributed by atoms with Crippen molar-refractivity contribution in [3.8, 4) is 5.75 Å². The second-order valence-electron chi connectivity index (χ2n) is 6.41. The molecule has 2 aromatic heterocycles. The molecule has 0 aliphatic heterocycles. The van der Waals surface area contributed by atoms with E-state index in [2.05, 4.69) is 4.98 Å². The molecule has 3 aromatic rings. The van der Waals surface area contributed by atoms with Crippen LogP contribution in [0.25, 0.3) is 11.2 Å². The van der Waals surface area contributed by atoms with Gasteiger partial charge in [-0.2, -0.15) is 11.8 Å². The molecule has 0 spiro atoms. The minimum Gasteiger partial charge on any atom is -0.492 e. The molecule has 0 saturated heterocycles. The van der Waals surface area contributed by atoms with Crippen molar-refractivity contribution in [1.82, 2.24) is 18.7 Å². The summed E-state index contributed by atoms with van der Waals surface area (Å²) in [6.45, 7) is 3.07. The molecule has 0 amide bonds. The van der Waals surface area contributed by atoms with Crippen LogP contribution in [0, 0.1) is 6.92 Å². The SMILES string of the molecule is Cc1ccccc1OCCSCCCn1c(=O)c2c(ncn2C)n(C)c1=O. The molecule has 0 saturated carbocycles. The van der Waals surface area contributed by atoms with Gasteiger partial charge in [-0.3, -0.25) is 13.9 Å². The van der Waals surface area contributed by atoms with Crippen molar-refractivity contribution >= 4 is 22.9 Å². The molecule has 0 radical (unpaired) electrons. The third-order valence-electron chi connectivity index (χ3n) is 4.45. The first kappa shape index (κ1) is 19.3. The number of para-hydroxylation sites is 1. The van der Waals surface area contributed by atoms with Gasteiger partial charge in [0.1, 0.15) is 5.75 Å². The lowest BCUT2D eigenvalue weighted by atomic mass is 10.2. The number of aryl methyl sites for hydroxylation is 3. The Morgan fingerprint density at radius 2 is 1.93 bits per heavy atom. The molecular weight excluding hydrogens is 364 g/mol. The fraction of sp³-hybridized carbons (Fsp3) is 0.421. The molecule has 1 aromatic carbocycles. The van der Waals surface area contributed by atoms with Crippen LogP contribution in [0.4, 0.5) is 0 Å². The van der Waals surface area contributed by atoms with E-state index in [1.165, 1.54) is 9.13 Å². The minimum absolute atomic E-state index is 0.277. The van der Waals surface area contributed by atoms with E-state index in [9.17, 15) is 9.59 Å². The number of aromatic nitrogens is 4. The molecule has 27 heavy (non-hydrogen) atoms. The molecule has 0 unspecified atom stereocenters. The fourth-order valence-corrected chi connectivity index (χ4v) is 3.69. The molecule has 0 bridgehead atoms. The summed E-state index contributed by atoms with van der Waals surface area (Å²) in [5.74, 6) is 2.63. The van der Waals surface area contributed by atoms with Crippen LogP contribution in [0.1, 0.15) is 12.0 Å². The van der Waals surface area contributed by atoms with E-state index in [-0.39, 0.29) is 11.2 Å². The quantitative estimate of drug-likeness (QED) is 0.552. The summed E-state index contributed by atoms with van der Waals surface area (Å²) in [6, 6.07) is 7.95. The average molecular weight is 388 g/mol. The Bertz CT molecular complexity index is 1050. The molecule has 0 aliphatic carbocycles. The normalized spacial score (nSPS) is 11.2. The van der Waals surface area contributed by atoms with Crippen molar-refractivity contribution in [1.29, 1.82) is 0 Å². The Morgan fingerprint density at radius 3 is 2.70 bits per heavy atom. The predicted molar refractivity (Wildman–Crippen MR) is 109 cm³/mol. The molecule has 0 atom stereocenters. The van der Waals surface area contributed by atoms with E-state index in [1.807, 2.05) is 31.2 Å². The Balaban J connectivity index is 1.51. The van der Waals surface area contributed by atoms with E-state index < -0.39 is 0 Å². The first-order chi connectivity index (χ1) is 13.0. The fourth-order valence-electron chi connectivity index (χ4n) is 2.95. The van der Waals surface area contributed by atoms with Gasteiger partial charge in [-0.05, 0) is 30.7 Å². The number of rotatable bonds is 8. The van der Waals surface area contributed by atoms with Gasteiger partial charge in [0.25, 0.3) is 5.56 Å². The largest absolute Gasteiger partial charge is 0.492 e. The van der Waals surface area contributed by atoms with Crippen molar-refractivity contribution in [3.05, 3.63) is 57.0 Å². The van der Waals surface area contributed by atoms with Gasteiger partial charge >= 0.3 is 5.69 Å². The lowest BCUT2D eigenvalue weighted by molar-refractivity contribution is 0.341. The molecule has 0 N–H and O–H groups in total. The predicted octanol–water partition coefficient (Wildman–Crippen LogP) is 1.94. The van der Waals surface area contributed by atoms with E-state index in [0.717, 1.165) is 29.2 Å². The van der Waals surface area contributed by atoms with Crippen molar-refractivity contribution in [2.75, 3.05) is 18.1 Å². The van der Waals surface area contributed by atoms with Crippen LogP contribution in [0.5, 0.6) is 5.75 Å². The smallest absolute Gasteiger partial charge is 0.332 e. The van der Waals surface area contributed by atoms with Crippen LogP contribution in [-0.4, -0.2) is 36.8 Å². The third kappa shape index (κ3) is 4.10. The monoisotopic (exact) mass is 388 g/mol. The second-order valence-corrected chi connectivity index (χ2v) is 7.63. The van der Waals surface area contributed by atoms with Crippen LogP contribution in [0.2, 0.25) is 0 Å². The lowest BCUT2D eigenvalue weighted by Crippen LogP contribution is -2.39. The maximum Gasteiger partial charge on any atom is 0.332 e. The number of imidazole rings is 1. The summed E-state index contributed by atoms with van der Waals surface area (Å²) < 4.78 is 10.2. The van der Waals surface area contributed by atoms with Crippen LogP contribution >= 0.6 is 11.8 Å². The standard InChI is InChI=1S/C19H24N4O3S/c1-14-7-4-5-8-15(14)26-10-12-27-11-6-9-23-18(24)16-17(20-13-21(16)2)22(3)19(23)25/h4-5,7-8,13H,6,9-12H2,1-3H3. The molecule has 0 fully saturated rings. The number of benzene rings is 1. The van der Waals surface area contributed by atoms with E-state index >= 15 is 0 Å². The topological polar surface area (TPSA) is 71.1 Å².